The Balaban J connectivity index is 1.11. The summed E-state index contributed by atoms with van der Waals surface area (Å²) in [4.78, 5) is 23.5. The Bertz CT molecular complexity index is 886. The summed E-state index contributed by atoms with van der Waals surface area (Å²) >= 11 is 0. The van der Waals surface area contributed by atoms with E-state index in [0.717, 1.165) is 43.2 Å². The summed E-state index contributed by atoms with van der Waals surface area (Å²) in [7, 11) is 0. The van der Waals surface area contributed by atoms with E-state index in [1.165, 1.54) is 11.1 Å². The van der Waals surface area contributed by atoms with Crippen LogP contribution in [0.4, 0.5) is 0 Å². The minimum Gasteiger partial charge on any atom is -0.490 e. The van der Waals surface area contributed by atoms with E-state index < -0.39 is 0 Å². The van der Waals surface area contributed by atoms with Crippen LogP contribution < -0.4 is 10.1 Å². The minimum absolute atomic E-state index is 0.167. The van der Waals surface area contributed by atoms with E-state index >= 15 is 0 Å². The largest absolute Gasteiger partial charge is 0.490 e. The fraction of sp³-hybridized carbons (Fsp3) is 0.500. The molecule has 28 heavy (non-hydrogen) atoms. The molecular weight excluding hydrogens is 352 g/mol. The van der Waals surface area contributed by atoms with E-state index in [9.17, 15) is 4.79 Å². The molecule has 1 unspecified atom stereocenters. The van der Waals surface area contributed by atoms with Crippen molar-refractivity contribution < 1.29 is 9.53 Å². The van der Waals surface area contributed by atoms with Gasteiger partial charge in [-0.3, -0.25) is 19.7 Å². The van der Waals surface area contributed by atoms with Crippen LogP contribution in [0.25, 0.3) is 0 Å². The summed E-state index contributed by atoms with van der Waals surface area (Å²) in [5, 5.41) is 3.03. The Kier molecular flexibility index (Phi) is 4.31. The molecule has 1 aromatic heterocycles. The number of likely N-dealkylation sites (tertiary alicyclic amines) is 1. The number of carbonyl (C=O) groups is 1. The third kappa shape index (κ3) is 3.37. The lowest BCUT2D eigenvalue weighted by molar-refractivity contribution is -0.123. The molecule has 2 aliphatic heterocycles. The smallest absolute Gasteiger partial charge is 0.224 e. The number of piperidine rings is 1. The van der Waals surface area contributed by atoms with Gasteiger partial charge in [-0.25, -0.2) is 0 Å². The first kappa shape index (κ1) is 17.6. The lowest BCUT2D eigenvalue weighted by Crippen LogP contribution is -2.31. The van der Waals surface area contributed by atoms with Crippen LogP contribution in [0.5, 0.6) is 5.75 Å². The SMILES string of the molecule is Cc1cnc(CNC(=O)C2[C@H]3CN(Cc4ccc5c(c4)C[C@@H](C)O5)C[C@@H]23)cn1. The molecule has 3 heterocycles. The molecular formula is C22H26N4O2. The van der Waals surface area contributed by atoms with Crippen LogP contribution in [0, 0.1) is 24.7 Å². The Morgan fingerprint density at radius 2 is 2.07 bits per heavy atom. The Morgan fingerprint density at radius 1 is 1.25 bits per heavy atom. The second kappa shape index (κ2) is 6.85. The Morgan fingerprint density at radius 3 is 2.82 bits per heavy atom. The molecule has 0 radical (unpaired) electrons. The molecule has 5 rings (SSSR count). The number of rotatable bonds is 5. The number of carbonyl (C=O) groups excluding carboxylic acids is 1. The first-order valence-corrected chi connectivity index (χ1v) is 10.1. The maximum Gasteiger partial charge on any atom is 0.224 e. The van der Waals surface area contributed by atoms with E-state index in [1.54, 1.807) is 12.4 Å². The summed E-state index contributed by atoms with van der Waals surface area (Å²) in [6.07, 6.45) is 4.75. The summed E-state index contributed by atoms with van der Waals surface area (Å²) in [6, 6.07) is 6.57. The molecule has 1 saturated heterocycles. The van der Waals surface area contributed by atoms with Crippen molar-refractivity contribution >= 4 is 5.91 Å². The van der Waals surface area contributed by atoms with Crippen molar-refractivity contribution in [2.45, 2.75) is 39.5 Å². The van der Waals surface area contributed by atoms with E-state index in [4.69, 9.17) is 4.74 Å². The highest BCUT2D eigenvalue weighted by Crippen LogP contribution is 2.52. The van der Waals surface area contributed by atoms with Crippen LogP contribution in [0.3, 0.4) is 0 Å². The first-order valence-electron chi connectivity index (χ1n) is 10.1. The molecule has 1 N–H and O–H groups in total. The maximum atomic E-state index is 12.5. The van der Waals surface area contributed by atoms with Gasteiger partial charge in [0.1, 0.15) is 11.9 Å². The molecule has 1 amide bonds. The molecule has 146 valence electrons. The summed E-state index contributed by atoms with van der Waals surface area (Å²) in [5.41, 5.74) is 4.36. The average molecular weight is 378 g/mol. The summed E-state index contributed by atoms with van der Waals surface area (Å²) in [6.45, 7) is 7.46. The van der Waals surface area contributed by atoms with Crippen molar-refractivity contribution in [1.29, 1.82) is 0 Å². The van der Waals surface area contributed by atoms with E-state index in [-0.39, 0.29) is 17.9 Å². The van der Waals surface area contributed by atoms with Crippen LogP contribution in [-0.4, -0.2) is 40.0 Å². The van der Waals surface area contributed by atoms with Crippen molar-refractivity contribution in [2.24, 2.45) is 17.8 Å². The van der Waals surface area contributed by atoms with Crippen molar-refractivity contribution in [3.8, 4) is 5.75 Å². The van der Waals surface area contributed by atoms with Gasteiger partial charge in [-0.15, -0.1) is 0 Å². The van der Waals surface area contributed by atoms with Crippen molar-refractivity contribution in [3.05, 3.63) is 53.1 Å². The molecule has 6 nitrogen and oxygen atoms in total. The van der Waals surface area contributed by atoms with Crippen LogP contribution in [-0.2, 0) is 24.3 Å². The van der Waals surface area contributed by atoms with Gasteiger partial charge >= 0.3 is 0 Å². The van der Waals surface area contributed by atoms with Gasteiger partial charge in [-0.05, 0) is 42.9 Å². The topological polar surface area (TPSA) is 67.4 Å². The van der Waals surface area contributed by atoms with E-state index in [1.807, 2.05) is 6.92 Å². The normalized spacial score (nSPS) is 27.8. The van der Waals surface area contributed by atoms with E-state index in [2.05, 4.69) is 45.3 Å². The van der Waals surface area contributed by atoms with Gasteiger partial charge in [0.15, 0.2) is 0 Å². The molecule has 1 saturated carbocycles. The number of nitrogens with one attached hydrogen (secondary N) is 1. The number of nitrogens with zero attached hydrogens (tertiary/aromatic N) is 3. The maximum absolute atomic E-state index is 12.5. The number of hydrogen-bond donors (Lipinski definition) is 1. The number of benzene rings is 1. The molecule has 1 aliphatic carbocycles. The molecule has 3 aliphatic rings. The van der Waals surface area contributed by atoms with E-state index in [0.29, 0.717) is 18.4 Å². The van der Waals surface area contributed by atoms with Crippen LogP contribution in [0.15, 0.2) is 30.6 Å². The second-order valence-electron chi connectivity index (χ2n) is 8.49. The molecule has 2 aromatic rings. The van der Waals surface area contributed by atoms with Crippen molar-refractivity contribution in [2.75, 3.05) is 13.1 Å². The first-order chi connectivity index (χ1) is 13.6. The number of ether oxygens (including phenoxy) is 1. The standard InChI is InChI=1S/C22H26N4O2/c1-13-7-24-17(8-23-13)9-25-22(27)21-18-11-26(12-19(18)21)10-15-3-4-20-16(6-15)5-14(2)28-20/h3-4,6-8,14,18-19,21H,5,9-12H2,1-2H3,(H,25,27)/t14-,18-,19+,21?/m1/s1. The highest BCUT2D eigenvalue weighted by molar-refractivity contribution is 5.82. The van der Waals surface area contributed by atoms with Crippen LogP contribution >= 0.6 is 0 Å². The third-order valence-corrected chi connectivity index (χ3v) is 6.22. The minimum atomic E-state index is 0.167. The van der Waals surface area contributed by atoms with Gasteiger partial charge in [-0.1, -0.05) is 12.1 Å². The molecule has 6 heteroatoms. The van der Waals surface area contributed by atoms with Crippen molar-refractivity contribution in [3.63, 3.8) is 0 Å². The zero-order chi connectivity index (χ0) is 19.3. The molecule has 0 spiro atoms. The monoisotopic (exact) mass is 378 g/mol. The van der Waals surface area contributed by atoms with Crippen LogP contribution in [0.1, 0.15) is 29.4 Å². The molecule has 2 fully saturated rings. The average Bonchev–Trinajstić information content (AvgIpc) is 2.98. The summed E-state index contributed by atoms with van der Waals surface area (Å²) in [5.74, 6) is 2.38. The highest BCUT2D eigenvalue weighted by Gasteiger charge is 2.59. The lowest BCUT2D eigenvalue weighted by Gasteiger charge is -2.19. The fourth-order valence-electron chi connectivity index (χ4n) is 4.77. The van der Waals surface area contributed by atoms with Gasteiger partial charge in [0.2, 0.25) is 5.91 Å². The predicted molar refractivity (Wildman–Crippen MR) is 105 cm³/mol. The van der Waals surface area contributed by atoms with Gasteiger partial charge in [0.05, 0.1) is 24.1 Å². The quantitative estimate of drug-likeness (QED) is 0.863. The Labute approximate surface area is 165 Å². The number of hydrogen-bond acceptors (Lipinski definition) is 5. The van der Waals surface area contributed by atoms with Gasteiger partial charge in [0.25, 0.3) is 0 Å². The third-order valence-electron chi connectivity index (χ3n) is 6.22. The van der Waals surface area contributed by atoms with Crippen LogP contribution in [0.2, 0.25) is 0 Å². The summed E-state index contributed by atoms with van der Waals surface area (Å²) < 4.78 is 5.79. The number of aromatic nitrogens is 2. The zero-order valence-electron chi connectivity index (χ0n) is 16.4. The van der Waals surface area contributed by atoms with Gasteiger partial charge in [-0.2, -0.15) is 0 Å². The molecule has 4 atom stereocenters. The fourth-order valence-corrected chi connectivity index (χ4v) is 4.77. The molecule has 1 aromatic carbocycles. The zero-order valence-corrected chi connectivity index (χ0v) is 16.4. The van der Waals surface area contributed by atoms with Crippen molar-refractivity contribution in [1.82, 2.24) is 20.2 Å². The van der Waals surface area contributed by atoms with Gasteiger partial charge < -0.3 is 10.1 Å². The predicted octanol–water partition coefficient (Wildman–Crippen LogP) is 2.10. The lowest BCUT2D eigenvalue weighted by atomic mass is 10.1. The number of amides is 1. The number of aryl methyl sites for hydroxylation is 1. The second-order valence-corrected chi connectivity index (χ2v) is 8.49. The van der Waals surface area contributed by atoms with Gasteiger partial charge in [0, 0.05) is 38.2 Å². The number of fused-ring (bicyclic) bond motifs is 2. The molecule has 0 bridgehead atoms. The Hall–Kier alpha value is -2.47. The highest BCUT2D eigenvalue weighted by atomic mass is 16.5.